The molecule has 494 valence electrons. The Morgan fingerprint density at radius 3 is 0.940 bits per heavy atom. The molecular formula is C74H141NO8P+. The summed E-state index contributed by atoms with van der Waals surface area (Å²) in [5, 5.41) is 0. The second-order valence-corrected chi connectivity index (χ2v) is 27.4. The fourth-order valence-corrected chi connectivity index (χ4v) is 11.5. The maximum Gasteiger partial charge on any atom is 0.472 e. The summed E-state index contributed by atoms with van der Waals surface area (Å²) in [6.45, 7) is 4.46. The number of rotatable bonds is 68. The molecular weight excluding hydrogens is 1060 g/mol. The van der Waals surface area contributed by atoms with Crippen LogP contribution in [0.25, 0.3) is 0 Å². The minimum Gasteiger partial charge on any atom is -0.462 e. The van der Waals surface area contributed by atoms with Gasteiger partial charge >= 0.3 is 19.8 Å². The monoisotopic (exact) mass is 1200 g/mol. The predicted molar refractivity (Wildman–Crippen MR) is 363 cm³/mol. The van der Waals surface area contributed by atoms with Crippen LogP contribution < -0.4 is 0 Å². The molecule has 2 atom stereocenters. The molecule has 0 aromatic rings. The number of carbonyl (C=O) groups excluding carboxylic acids is 2. The summed E-state index contributed by atoms with van der Waals surface area (Å²) in [7, 11) is 1.49. The maximum absolute atomic E-state index is 12.9. The van der Waals surface area contributed by atoms with Gasteiger partial charge in [0.2, 0.25) is 0 Å². The third-order valence-corrected chi connectivity index (χ3v) is 17.3. The molecule has 9 nitrogen and oxygen atoms in total. The third kappa shape index (κ3) is 69.1. The average molecular weight is 1200 g/mol. The van der Waals surface area contributed by atoms with Crippen molar-refractivity contribution in [2.75, 3.05) is 47.5 Å². The number of allylic oxidation sites excluding steroid dienone is 8. The molecule has 0 aromatic heterocycles. The van der Waals surface area contributed by atoms with Gasteiger partial charge in [-0.25, -0.2) is 4.57 Å². The van der Waals surface area contributed by atoms with Gasteiger partial charge in [-0.15, -0.1) is 0 Å². The van der Waals surface area contributed by atoms with Crippen molar-refractivity contribution < 1.29 is 42.1 Å². The molecule has 0 amide bonds. The van der Waals surface area contributed by atoms with Gasteiger partial charge in [0, 0.05) is 12.8 Å². The van der Waals surface area contributed by atoms with Crippen LogP contribution in [0, 0.1) is 0 Å². The highest BCUT2D eigenvalue weighted by atomic mass is 31.2. The lowest BCUT2D eigenvalue weighted by atomic mass is 10.0. The first-order valence-corrected chi connectivity index (χ1v) is 37.9. The Labute approximate surface area is 522 Å². The summed E-state index contributed by atoms with van der Waals surface area (Å²) in [6, 6.07) is 0. The summed E-state index contributed by atoms with van der Waals surface area (Å²) in [6.07, 6.45) is 85.2. The van der Waals surface area contributed by atoms with Crippen LogP contribution in [-0.2, 0) is 32.7 Å². The van der Waals surface area contributed by atoms with Crippen molar-refractivity contribution in [3.05, 3.63) is 48.6 Å². The number of unbranched alkanes of at least 4 members (excludes halogenated alkanes) is 46. The van der Waals surface area contributed by atoms with E-state index in [2.05, 4.69) is 62.5 Å². The number of likely N-dealkylation sites (N-methyl/N-ethyl adjacent to an activating group) is 1. The standard InChI is InChI=1S/C74H140NO8P/c1-6-8-10-12-14-16-18-20-22-24-26-28-29-30-31-32-33-34-35-36-37-38-39-40-41-42-43-44-45-47-49-51-53-55-57-59-61-63-65-67-74(77)83-72(71-82-84(78,79)81-69-68-75(3,4)5)70-80-73(76)66-64-62-60-58-56-54-52-50-48-46-27-25-23-21-19-17-15-13-11-9-7-2/h18-21,24-27,72H,6-17,22-23,28-71H2,1-5H3/p+1/b20-18-,21-19-,26-24-,27-25-. The van der Waals surface area contributed by atoms with E-state index in [0.29, 0.717) is 17.4 Å². The van der Waals surface area contributed by atoms with E-state index in [9.17, 15) is 19.0 Å². The molecule has 0 saturated carbocycles. The van der Waals surface area contributed by atoms with Gasteiger partial charge in [-0.2, -0.15) is 0 Å². The van der Waals surface area contributed by atoms with Gasteiger partial charge in [-0.05, 0) is 77.0 Å². The molecule has 0 aliphatic rings. The molecule has 0 spiro atoms. The maximum atomic E-state index is 12.9. The molecule has 0 rings (SSSR count). The largest absolute Gasteiger partial charge is 0.472 e. The van der Waals surface area contributed by atoms with E-state index in [4.69, 9.17) is 18.5 Å². The molecule has 10 heteroatoms. The lowest BCUT2D eigenvalue weighted by molar-refractivity contribution is -0.870. The highest BCUT2D eigenvalue weighted by Gasteiger charge is 2.27. The first-order chi connectivity index (χ1) is 41.0. The van der Waals surface area contributed by atoms with Gasteiger partial charge in [0.25, 0.3) is 0 Å². The number of phosphoric acid groups is 1. The topological polar surface area (TPSA) is 108 Å². The number of ether oxygens (including phenoxy) is 2. The minimum absolute atomic E-state index is 0.0326. The average Bonchev–Trinajstić information content (AvgIpc) is 3.61. The van der Waals surface area contributed by atoms with Gasteiger partial charge in [0.15, 0.2) is 6.10 Å². The zero-order valence-corrected chi connectivity index (χ0v) is 57.3. The summed E-state index contributed by atoms with van der Waals surface area (Å²) in [5.41, 5.74) is 0. The van der Waals surface area contributed by atoms with Gasteiger partial charge in [0.1, 0.15) is 19.8 Å². The molecule has 0 aromatic carbocycles. The van der Waals surface area contributed by atoms with Crippen molar-refractivity contribution in [2.45, 2.75) is 367 Å². The number of quaternary nitrogens is 1. The van der Waals surface area contributed by atoms with E-state index in [1.807, 2.05) is 21.1 Å². The van der Waals surface area contributed by atoms with Crippen LogP contribution >= 0.6 is 7.82 Å². The van der Waals surface area contributed by atoms with E-state index in [-0.39, 0.29) is 32.0 Å². The lowest BCUT2D eigenvalue weighted by Gasteiger charge is -2.24. The Morgan fingerprint density at radius 1 is 0.369 bits per heavy atom. The van der Waals surface area contributed by atoms with E-state index < -0.39 is 26.5 Å². The second-order valence-electron chi connectivity index (χ2n) is 26.0. The Balaban J connectivity index is 3.92. The molecule has 0 fully saturated rings. The molecule has 1 N–H and O–H groups in total. The van der Waals surface area contributed by atoms with Crippen LogP contribution in [0.1, 0.15) is 361 Å². The summed E-state index contributed by atoms with van der Waals surface area (Å²) in [5.74, 6) is -0.785. The Bertz CT molecular complexity index is 1560. The van der Waals surface area contributed by atoms with E-state index >= 15 is 0 Å². The van der Waals surface area contributed by atoms with Crippen LogP contribution in [0.5, 0.6) is 0 Å². The highest BCUT2D eigenvalue weighted by Crippen LogP contribution is 2.43. The van der Waals surface area contributed by atoms with Crippen LogP contribution in [0.3, 0.4) is 0 Å². The van der Waals surface area contributed by atoms with Crippen LogP contribution in [0.2, 0.25) is 0 Å². The quantitative estimate of drug-likeness (QED) is 0.0211. The van der Waals surface area contributed by atoms with Gasteiger partial charge in [-0.1, -0.05) is 319 Å². The number of carbonyl (C=O) groups is 2. The normalized spacial score (nSPS) is 13.4. The van der Waals surface area contributed by atoms with Crippen molar-refractivity contribution >= 4 is 19.8 Å². The van der Waals surface area contributed by atoms with Crippen LogP contribution in [0.4, 0.5) is 0 Å². The van der Waals surface area contributed by atoms with E-state index in [1.165, 1.54) is 283 Å². The van der Waals surface area contributed by atoms with E-state index in [1.54, 1.807) is 0 Å². The molecule has 0 aliphatic carbocycles. The zero-order valence-electron chi connectivity index (χ0n) is 56.4. The van der Waals surface area contributed by atoms with Crippen molar-refractivity contribution in [3.8, 4) is 0 Å². The predicted octanol–water partition coefficient (Wildman–Crippen LogP) is 23.6. The number of phosphoric ester groups is 1. The van der Waals surface area contributed by atoms with E-state index in [0.717, 1.165) is 44.9 Å². The number of esters is 2. The lowest BCUT2D eigenvalue weighted by Crippen LogP contribution is -2.37. The van der Waals surface area contributed by atoms with Crippen molar-refractivity contribution in [2.24, 2.45) is 0 Å². The SMILES string of the molecule is CCCCCCC/C=C\C/C=C\CCCCCCCCCCCCCCCCCCCCCCCCCCCCCC(=O)OC(COC(=O)CCCCCCCCCCC/C=C\C/C=C\CCCCCCC)COP(=O)(O)OCC[N+](C)(C)C. The molecule has 0 radical (unpaired) electrons. The Hall–Kier alpha value is -2.03. The molecule has 0 bridgehead atoms. The number of hydrogen-bond acceptors (Lipinski definition) is 7. The molecule has 0 saturated heterocycles. The fourth-order valence-electron chi connectivity index (χ4n) is 10.7. The van der Waals surface area contributed by atoms with Gasteiger partial charge in [-0.3, -0.25) is 18.6 Å². The first kappa shape index (κ1) is 82.0. The molecule has 2 unspecified atom stereocenters. The molecule has 84 heavy (non-hydrogen) atoms. The van der Waals surface area contributed by atoms with Gasteiger partial charge < -0.3 is 18.9 Å². The highest BCUT2D eigenvalue weighted by molar-refractivity contribution is 7.47. The second kappa shape index (κ2) is 65.4. The first-order valence-electron chi connectivity index (χ1n) is 36.4. The Morgan fingerprint density at radius 2 is 0.643 bits per heavy atom. The molecule has 0 aliphatic heterocycles. The number of hydrogen-bond donors (Lipinski definition) is 1. The van der Waals surface area contributed by atoms with Crippen LogP contribution in [-0.4, -0.2) is 74.9 Å². The number of nitrogens with zero attached hydrogens (tertiary/aromatic N) is 1. The third-order valence-electron chi connectivity index (χ3n) is 16.3. The fraction of sp³-hybridized carbons (Fsp3) is 0.865. The van der Waals surface area contributed by atoms with Gasteiger partial charge in [0.05, 0.1) is 27.7 Å². The zero-order chi connectivity index (χ0) is 61.2. The Kier molecular flexibility index (Phi) is 63.8. The summed E-state index contributed by atoms with van der Waals surface area (Å²) >= 11 is 0. The smallest absolute Gasteiger partial charge is 0.462 e. The minimum atomic E-state index is -4.39. The molecule has 0 heterocycles. The van der Waals surface area contributed by atoms with Crippen molar-refractivity contribution in [1.29, 1.82) is 0 Å². The van der Waals surface area contributed by atoms with Crippen molar-refractivity contribution in [1.82, 2.24) is 0 Å². The van der Waals surface area contributed by atoms with Crippen molar-refractivity contribution in [3.63, 3.8) is 0 Å². The summed E-state index contributed by atoms with van der Waals surface area (Å²) in [4.78, 5) is 35.8. The van der Waals surface area contributed by atoms with Crippen LogP contribution in [0.15, 0.2) is 48.6 Å². The summed E-state index contributed by atoms with van der Waals surface area (Å²) < 4.78 is 34.7.